The van der Waals surface area contributed by atoms with E-state index in [9.17, 15) is 13.0 Å². The molecular formula is C6H11Ca2O3S. The van der Waals surface area contributed by atoms with Crippen LogP contribution in [-0.2, 0) is 10.1 Å². The fourth-order valence-electron chi connectivity index (χ4n) is 1.35. The average Bonchev–Trinajstić information content (AvgIpc) is 2.08. The summed E-state index contributed by atoms with van der Waals surface area (Å²) in [6.45, 7) is 0. The monoisotopic (exact) mass is 243 g/mol. The summed E-state index contributed by atoms with van der Waals surface area (Å²) in [5, 5.41) is -0.582. The quantitative estimate of drug-likeness (QED) is 0.485. The molecule has 0 aromatic rings. The third-order valence-corrected chi connectivity index (χ3v) is 3.25. The van der Waals surface area contributed by atoms with Gasteiger partial charge in [0, 0.05) is 5.25 Å². The molecule has 0 heterocycles. The van der Waals surface area contributed by atoms with Gasteiger partial charge in [-0.1, -0.05) is 19.3 Å². The van der Waals surface area contributed by atoms with Gasteiger partial charge in [0.2, 0.25) is 0 Å². The maximum absolute atomic E-state index is 10.4. The Morgan fingerprint density at radius 2 is 1.58 bits per heavy atom. The van der Waals surface area contributed by atoms with Crippen molar-refractivity contribution in [2.24, 2.45) is 0 Å². The molecule has 3 nitrogen and oxygen atoms in total. The van der Waals surface area contributed by atoms with E-state index >= 15 is 0 Å². The van der Waals surface area contributed by atoms with Crippen LogP contribution in [-0.4, -0.2) is 70.1 Å². The van der Waals surface area contributed by atoms with E-state index in [1.807, 2.05) is 0 Å². The third-order valence-electron chi connectivity index (χ3n) is 1.96. The van der Waals surface area contributed by atoms with E-state index in [0.717, 1.165) is 19.3 Å². The van der Waals surface area contributed by atoms with Gasteiger partial charge < -0.3 is 4.55 Å². The van der Waals surface area contributed by atoms with Crippen molar-refractivity contribution < 1.29 is 13.0 Å². The predicted octanol–water partition coefficient (Wildman–Crippen LogP) is 0.103. The zero-order valence-corrected chi connectivity index (χ0v) is 12.4. The van der Waals surface area contributed by atoms with Crippen molar-refractivity contribution in [3.63, 3.8) is 0 Å². The Morgan fingerprint density at radius 3 is 1.83 bits per heavy atom. The van der Waals surface area contributed by atoms with Crippen molar-refractivity contribution >= 4 is 62.0 Å². The van der Waals surface area contributed by atoms with E-state index in [2.05, 4.69) is 0 Å². The molecule has 0 N–H and O–H groups in total. The van der Waals surface area contributed by atoms with E-state index in [-0.39, 0.29) is 0 Å². The molecule has 1 aliphatic rings. The fourth-order valence-corrected chi connectivity index (χ4v) is 2.26. The minimum atomic E-state index is -3.98. The van der Waals surface area contributed by atoms with Crippen molar-refractivity contribution in [3.8, 4) is 0 Å². The molecular weight excluding hydrogens is 232 g/mol. The first-order chi connectivity index (χ1) is 5.61. The Bertz CT molecular complexity index is 197. The molecule has 0 amide bonds. The Hall–Kier alpha value is 2.43. The molecule has 0 aliphatic heterocycles. The second kappa shape index (κ2) is 7.69. The van der Waals surface area contributed by atoms with Crippen molar-refractivity contribution in [3.05, 3.63) is 0 Å². The second-order valence-electron chi connectivity index (χ2n) is 2.75. The Labute approximate surface area is 110 Å². The molecule has 1 fully saturated rings. The molecule has 0 atom stereocenters. The molecule has 1 radical (unpaired) electrons. The zero-order chi connectivity index (χ0) is 9.61. The summed E-state index contributed by atoms with van der Waals surface area (Å²) in [7, 11) is -3.98. The van der Waals surface area contributed by atoms with Gasteiger partial charge in [-0.3, -0.25) is 0 Å². The van der Waals surface area contributed by atoms with Crippen LogP contribution in [0.2, 0.25) is 0 Å². The van der Waals surface area contributed by atoms with Gasteiger partial charge in [0.1, 0.15) is 0 Å². The third kappa shape index (κ3) is 6.02. The molecule has 0 saturated heterocycles. The number of rotatable bonds is 1. The summed E-state index contributed by atoms with van der Waals surface area (Å²) in [6, 6.07) is 0. The van der Waals surface area contributed by atoms with Crippen LogP contribution >= 0.6 is 0 Å². The van der Waals surface area contributed by atoms with Gasteiger partial charge in [0.05, 0.1) is 10.1 Å². The first-order valence-electron chi connectivity index (χ1n) is 4.05. The van der Waals surface area contributed by atoms with Gasteiger partial charge in [-0.2, -0.15) is 0 Å². The van der Waals surface area contributed by atoms with Crippen LogP contribution < -0.4 is 0 Å². The summed E-state index contributed by atoms with van der Waals surface area (Å²) in [5.74, 6) is 0. The molecule has 0 unspecified atom stereocenters. The van der Waals surface area contributed by atoms with Gasteiger partial charge in [-0.15, -0.1) is 0 Å². The van der Waals surface area contributed by atoms with Crippen LogP contribution in [0, 0.1) is 0 Å². The van der Waals surface area contributed by atoms with Crippen molar-refractivity contribution in [1.29, 1.82) is 0 Å². The summed E-state index contributed by atoms with van der Waals surface area (Å²) < 4.78 is 31.3. The van der Waals surface area contributed by atoms with E-state index in [1.54, 1.807) is 0 Å². The van der Waals surface area contributed by atoms with E-state index in [1.165, 1.54) is 51.9 Å². The summed E-state index contributed by atoms with van der Waals surface area (Å²) in [4.78, 5) is 0. The molecule has 1 saturated carbocycles. The second-order valence-corrected chi connectivity index (χ2v) is 4.41. The molecule has 1 aliphatic carbocycles. The first kappa shape index (κ1) is 14.4. The van der Waals surface area contributed by atoms with Crippen LogP contribution in [0.25, 0.3) is 0 Å². The molecule has 63 valence electrons. The average molecular weight is 243 g/mol. The number of hydrogen-bond acceptors (Lipinski definition) is 3. The van der Waals surface area contributed by atoms with E-state index < -0.39 is 15.4 Å². The molecule has 6 heteroatoms. The van der Waals surface area contributed by atoms with Gasteiger partial charge in [0.25, 0.3) is 0 Å². The van der Waals surface area contributed by atoms with Gasteiger partial charge in [-0.05, 0) is 12.8 Å². The Balaban J connectivity index is 0.000000561. The summed E-state index contributed by atoms with van der Waals surface area (Å²) in [6.07, 6.45) is 4.02. The first-order valence-corrected chi connectivity index (χ1v) is 13.5. The Kier molecular flexibility index (Phi) is 9.24. The normalized spacial score (nSPS) is 19.5. The van der Waals surface area contributed by atoms with Crippen LogP contribution in [0.3, 0.4) is 0 Å². The van der Waals surface area contributed by atoms with E-state index in [4.69, 9.17) is 0 Å². The van der Waals surface area contributed by atoms with Crippen LogP contribution in [0.5, 0.6) is 0 Å². The van der Waals surface area contributed by atoms with Crippen molar-refractivity contribution in [1.82, 2.24) is 0 Å². The predicted molar refractivity (Wildman–Crippen MR) is 48.1 cm³/mol. The number of hydrogen-bond donors (Lipinski definition) is 0. The molecule has 12 heavy (non-hydrogen) atoms. The van der Waals surface area contributed by atoms with Crippen LogP contribution in [0.4, 0.5) is 0 Å². The minimum absolute atomic E-state index is 0.575. The van der Waals surface area contributed by atoms with Gasteiger partial charge >= 0.3 is 51.9 Å². The summed E-state index contributed by atoms with van der Waals surface area (Å²) >= 11 is 3.00. The zero-order valence-electron chi connectivity index (χ0n) is 7.16. The summed E-state index contributed by atoms with van der Waals surface area (Å²) in [5.41, 5.74) is 0. The fraction of sp³-hybridized carbons (Fsp3) is 1.00. The maximum atomic E-state index is 10.4. The van der Waals surface area contributed by atoms with Crippen LogP contribution in [0.15, 0.2) is 0 Å². The van der Waals surface area contributed by atoms with Crippen molar-refractivity contribution in [2.45, 2.75) is 37.4 Å². The Morgan fingerprint density at radius 1 is 1.17 bits per heavy atom. The van der Waals surface area contributed by atoms with Gasteiger partial charge in [0.15, 0.2) is 0 Å². The molecule has 0 spiro atoms. The molecule has 0 bridgehead atoms. The SMILES string of the molecule is O=S(=O)([O-])C1CCCCC1.[Ca][Ca+]. The van der Waals surface area contributed by atoms with Crippen molar-refractivity contribution in [2.75, 3.05) is 0 Å². The molecule has 0 aromatic heterocycles. The van der Waals surface area contributed by atoms with E-state index in [0.29, 0.717) is 12.8 Å². The topological polar surface area (TPSA) is 57.2 Å². The molecule has 0 aromatic carbocycles. The standard InChI is InChI=1S/C6H12O3S.2Ca/c7-10(8,9)6-4-2-1-3-5-6;;/h6H,1-5H2,(H,7,8,9);;/q;;+1/p-1. The van der Waals surface area contributed by atoms with Gasteiger partial charge in [-0.25, -0.2) is 8.42 Å². The molecule has 1 rings (SSSR count). The van der Waals surface area contributed by atoms with Crippen LogP contribution in [0.1, 0.15) is 32.1 Å².